The van der Waals surface area contributed by atoms with Crippen molar-refractivity contribution in [2.45, 2.75) is 32.1 Å². The molecule has 0 spiro atoms. The van der Waals surface area contributed by atoms with Crippen LogP contribution in [-0.2, 0) is 11.2 Å². The van der Waals surface area contributed by atoms with Gasteiger partial charge in [-0.3, -0.25) is 4.79 Å². The molecule has 23 heavy (non-hydrogen) atoms. The molecule has 3 rings (SSSR count). The second-order valence-corrected chi connectivity index (χ2v) is 6.00. The zero-order chi connectivity index (χ0) is 15.4. The zero-order valence-corrected chi connectivity index (χ0v) is 15.7. The van der Waals surface area contributed by atoms with E-state index in [4.69, 9.17) is 5.73 Å². The lowest BCUT2D eigenvalue weighted by molar-refractivity contribution is -0.117. The topological polar surface area (TPSA) is 61.9 Å². The van der Waals surface area contributed by atoms with E-state index < -0.39 is 0 Å². The van der Waals surface area contributed by atoms with Gasteiger partial charge in [0, 0.05) is 25.3 Å². The van der Waals surface area contributed by atoms with Crippen LogP contribution in [0.5, 0.6) is 0 Å². The minimum Gasteiger partial charge on any atom is -0.370 e. The number of hydrogen-bond donors (Lipinski definition) is 1. The van der Waals surface area contributed by atoms with Crippen LogP contribution >= 0.6 is 24.0 Å². The summed E-state index contributed by atoms with van der Waals surface area (Å²) in [5.74, 6) is 0.547. The van der Waals surface area contributed by atoms with E-state index in [0.717, 1.165) is 44.6 Å². The highest BCUT2D eigenvalue weighted by atomic mass is 127. The summed E-state index contributed by atoms with van der Waals surface area (Å²) < 4.78 is 0. The van der Waals surface area contributed by atoms with E-state index in [-0.39, 0.29) is 36.4 Å². The van der Waals surface area contributed by atoms with Crippen LogP contribution in [0.15, 0.2) is 29.3 Å². The van der Waals surface area contributed by atoms with Crippen LogP contribution in [0.2, 0.25) is 0 Å². The first-order valence-corrected chi connectivity index (χ1v) is 8.19. The minimum absolute atomic E-state index is 0. The normalized spacial score (nSPS) is 18.2. The number of aliphatic imine (C=N–C) groups is 1. The Labute approximate surface area is 154 Å². The first-order chi connectivity index (χ1) is 10.8. The molecule has 126 valence electrons. The van der Waals surface area contributed by atoms with Crippen LogP contribution in [0.4, 0.5) is 5.69 Å². The van der Waals surface area contributed by atoms with Gasteiger partial charge in [0.05, 0.1) is 0 Å². The summed E-state index contributed by atoms with van der Waals surface area (Å²) in [7, 11) is 0. The van der Waals surface area contributed by atoms with E-state index in [1.54, 1.807) is 0 Å². The van der Waals surface area contributed by atoms with Gasteiger partial charge in [-0.2, -0.15) is 0 Å². The quantitative estimate of drug-likeness (QED) is 0.447. The molecule has 1 aromatic rings. The maximum Gasteiger partial charge on any atom is 0.248 e. The van der Waals surface area contributed by atoms with Gasteiger partial charge in [0.25, 0.3) is 0 Å². The van der Waals surface area contributed by atoms with E-state index >= 15 is 0 Å². The number of nitrogens with two attached hydrogens (primary N) is 1. The number of rotatable bonds is 2. The van der Waals surface area contributed by atoms with Crippen molar-refractivity contribution in [2.75, 3.05) is 31.1 Å². The molecule has 0 bridgehead atoms. The maximum atomic E-state index is 12.4. The average molecular weight is 428 g/mol. The summed E-state index contributed by atoms with van der Waals surface area (Å²) in [6.45, 7) is 2.79. The largest absolute Gasteiger partial charge is 0.370 e. The van der Waals surface area contributed by atoms with E-state index in [2.05, 4.69) is 16.0 Å². The number of likely N-dealkylation sites (tertiary alicyclic amines) is 1. The van der Waals surface area contributed by atoms with Gasteiger partial charge in [0.15, 0.2) is 5.96 Å². The van der Waals surface area contributed by atoms with E-state index in [9.17, 15) is 4.79 Å². The third kappa shape index (κ3) is 4.37. The molecule has 0 unspecified atom stereocenters. The third-order valence-corrected chi connectivity index (χ3v) is 4.49. The van der Waals surface area contributed by atoms with Gasteiger partial charge in [0.2, 0.25) is 5.91 Å². The SMILES string of the molecule is I.NC(=NCC(=O)N1CCc2ccccc21)N1CCCCCC1. The number of halogens is 1. The van der Waals surface area contributed by atoms with Gasteiger partial charge in [0.1, 0.15) is 6.54 Å². The minimum atomic E-state index is 0. The molecule has 0 saturated carbocycles. The molecule has 2 heterocycles. The highest BCUT2D eigenvalue weighted by Crippen LogP contribution is 2.27. The number of hydrogen-bond acceptors (Lipinski definition) is 2. The number of carbonyl (C=O) groups excluding carboxylic acids is 1. The number of nitrogens with zero attached hydrogens (tertiary/aromatic N) is 3. The Hall–Kier alpha value is -1.31. The van der Waals surface area contributed by atoms with Gasteiger partial charge in [-0.1, -0.05) is 31.0 Å². The lowest BCUT2D eigenvalue weighted by Gasteiger charge is -2.21. The summed E-state index contributed by atoms with van der Waals surface area (Å²) in [6.07, 6.45) is 5.75. The Balaban J connectivity index is 0.00000192. The Morgan fingerprint density at radius 3 is 2.52 bits per heavy atom. The monoisotopic (exact) mass is 428 g/mol. The molecule has 0 atom stereocenters. The Morgan fingerprint density at radius 1 is 1.09 bits per heavy atom. The van der Waals surface area contributed by atoms with Gasteiger partial charge in [-0.25, -0.2) is 4.99 Å². The number of para-hydroxylation sites is 1. The van der Waals surface area contributed by atoms with Gasteiger partial charge >= 0.3 is 0 Å². The molecule has 2 aliphatic heterocycles. The third-order valence-electron chi connectivity index (χ3n) is 4.49. The van der Waals surface area contributed by atoms with Crippen LogP contribution in [0, 0.1) is 0 Å². The molecule has 0 aliphatic carbocycles. The first kappa shape index (κ1) is 18.0. The molecule has 2 aliphatic rings. The van der Waals surface area contributed by atoms with Crippen LogP contribution < -0.4 is 10.6 Å². The highest BCUT2D eigenvalue weighted by molar-refractivity contribution is 14.0. The fourth-order valence-corrected chi connectivity index (χ4v) is 3.23. The van der Waals surface area contributed by atoms with E-state index in [1.165, 1.54) is 18.4 Å². The molecule has 6 heteroatoms. The molecule has 1 aromatic carbocycles. The van der Waals surface area contributed by atoms with Gasteiger partial charge < -0.3 is 15.5 Å². The van der Waals surface area contributed by atoms with Gasteiger partial charge in [-0.05, 0) is 30.9 Å². The van der Waals surface area contributed by atoms with Crippen molar-refractivity contribution in [1.29, 1.82) is 0 Å². The lowest BCUT2D eigenvalue weighted by atomic mass is 10.2. The fourth-order valence-electron chi connectivity index (χ4n) is 3.23. The second kappa shape index (κ2) is 8.52. The smallest absolute Gasteiger partial charge is 0.248 e. The van der Waals surface area contributed by atoms with E-state index in [1.807, 2.05) is 23.1 Å². The number of anilines is 1. The van der Waals surface area contributed by atoms with Crippen LogP contribution in [-0.4, -0.2) is 42.9 Å². The molecule has 0 radical (unpaired) electrons. The zero-order valence-electron chi connectivity index (χ0n) is 13.4. The fraction of sp³-hybridized carbons (Fsp3) is 0.529. The van der Waals surface area contributed by atoms with Crippen molar-refractivity contribution in [3.8, 4) is 0 Å². The Bertz CT molecular complexity index is 567. The summed E-state index contributed by atoms with van der Waals surface area (Å²) in [5, 5.41) is 0. The first-order valence-electron chi connectivity index (χ1n) is 8.19. The van der Waals surface area contributed by atoms with Crippen molar-refractivity contribution in [2.24, 2.45) is 10.7 Å². The maximum absolute atomic E-state index is 12.4. The van der Waals surface area contributed by atoms with Crippen LogP contribution in [0.25, 0.3) is 0 Å². The van der Waals surface area contributed by atoms with Crippen molar-refractivity contribution in [3.05, 3.63) is 29.8 Å². The van der Waals surface area contributed by atoms with Crippen molar-refractivity contribution in [1.82, 2.24) is 4.90 Å². The van der Waals surface area contributed by atoms with Crippen molar-refractivity contribution < 1.29 is 4.79 Å². The van der Waals surface area contributed by atoms with Crippen molar-refractivity contribution in [3.63, 3.8) is 0 Å². The summed E-state index contributed by atoms with van der Waals surface area (Å²) >= 11 is 0. The predicted octanol–water partition coefficient (Wildman–Crippen LogP) is 2.38. The van der Waals surface area contributed by atoms with Crippen molar-refractivity contribution >= 4 is 41.5 Å². The molecule has 5 nitrogen and oxygen atoms in total. The molecule has 1 amide bonds. The van der Waals surface area contributed by atoms with Crippen LogP contribution in [0.1, 0.15) is 31.2 Å². The molecular formula is C17H25IN4O. The molecule has 1 saturated heterocycles. The number of benzene rings is 1. The molecule has 2 N–H and O–H groups in total. The summed E-state index contributed by atoms with van der Waals surface area (Å²) in [5.41, 5.74) is 8.33. The van der Waals surface area contributed by atoms with Gasteiger partial charge in [-0.15, -0.1) is 24.0 Å². The highest BCUT2D eigenvalue weighted by Gasteiger charge is 2.23. The number of carbonyl (C=O) groups is 1. The van der Waals surface area contributed by atoms with Crippen LogP contribution in [0.3, 0.4) is 0 Å². The summed E-state index contributed by atoms with van der Waals surface area (Å²) in [6, 6.07) is 8.07. The predicted molar refractivity (Wildman–Crippen MR) is 104 cm³/mol. The average Bonchev–Trinajstić information content (AvgIpc) is 2.78. The number of fused-ring (bicyclic) bond motifs is 1. The molecule has 0 aromatic heterocycles. The van der Waals surface area contributed by atoms with E-state index in [0.29, 0.717) is 5.96 Å². The number of amides is 1. The second-order valence-electron chi connectivity index (χ2n) is 6.00. The summed E-state index contributed by atoms with van der Waals surface area (Å²) in [4.78, 5) is 20.7. The standard InChI is InChI=1S/C17H24N4O.HI/c18-17(20-10-5-1-2-6-11-20)19-13-16(22)21-12-9-14-7-3-4-8-15(14)21;/h3-4,7-8H,1-2,5-6,9-13H2,(H2,18,19);1H. The molecular weight excluding hydrogens is 403 g/mol. The molecule has 1 fully saturated rings. The number of guanidine groups is 1. The Morgan fingerprint density at radius 2 is 1.78 bits per heavy atom. The lowest BCUT2D eigenvalue weighted by Crippen LogP contribution is -2.39. The Kier molecular flexibility index (Phi) is 6.68.